The van der Waals surface area contributed by atoms with Crippen molar-refractivity contribution in [3.05, 3.63) is 51.9 Å². The van der Waals surface area contributed by atoms with Crippen molar-refractivity contribution >= 4 is 38.9 Å². The fourth-order valence-corrected chi connectivity index (χ4v) is 5.40. The molecule has 1 atom stereocenters. The molecule has 3 heterocycles. The van der Waals surface area contributed by atoms with Gasteiger partial charge < -0.3 is 19.3 Å². The number of rotatable bonds is 10. The molecular formula is C21H21ClN6O6S2. The summed E-state index contributed by atoms with van der Waals surface area (Å²) < 4.78 is 46.4. The number of pyridine rings is 1. The van der Waals surface area contributed by atoms with Gasteiger partial charge >= 0.3 is 0 Å². The number of nitrogens with zero attached hydrogens (tertiary/aromatic N) is 5. The molecule has 0 fully saturated rings. The molecule has 0 amide bonds. The molecule has 4 rings (SSSR count). The van der Waals surface area contributed by atoms with Crippen LogP contribution in [-0.4, -0.2) is 65.3 Å². The van der Waals surface area contributed by atoms with Gasteiger partial charge in [0.05, 0.1) is 27.5 Å². The number of ether oxygens (including phenoxy) is 3. The maximum absolute atomic E-state index is 13.0. The van der Waals surface area contributed by atoms with E-state index in [-0.39, 0.29) is 16.8 Å². The summed E-state index contributed by atoms with van der Waals surface area (Å²) in [6.07, 6.45) is -0.0697. The van der Waals surface area contributed by atoms with Gasteiger partial charge in [-0.3, -0.25) is 9.29 Å². The van der Waals surface area contributed by atoms with Gasteiger partial charge in [-0.15, -0.1) is 21.5 Å². The second kappa shape index (κ2) is 10.7. The van der Waals surface area contributed by atoms with Gasteiger partial charge in [0.2, 0.25) is 21.9 Å². The number of aliphatic hydroxyl groups excluding tert-OH is 1. The second-order valence-corrected chi connectivity index (χ2v) is 10.6. The minimum Gasteiger partial charge on any atom is -0.494 e. The van der Waals surface area contributed by atoms with Gasteiger partial charge in [-0.05, 0) is 18.2 Å². The Morgan fingerprint density at radius 2 is 1.78 bits per heavy atom. The number of anilines is 1. The monoisotopic (exact) mass is 552 g/mol. The van der Waals surface area contributed by atoms with Crippen molar-refractivity contribution in [2.24, 2.45) is 0 Å². The molecule has 0 saturated heterocycles. The van der Waals surface area contributed by atoms with E-state index in [1.807, 2.05) is 0 Å². The number of aliphatic hydroxyl groups is 1. The van der Waals surface area contributed by atoms with Crippen LogP contribution >= 0.6 is 22.9 Å². The van der Waals surface area contributed by atoms with E-state index in [9.17, 15) is 13.5 Å². The predicted molar refractivity (Wildman–Crippen MR) is 134 cm³/mol. The number of aromatic nitrogens is 5. The lowest BCUT2D eigenvalue weighted by Crippen LogP contribution is -2.23. The molecule has 0 aliphatic rings. The molecule has 0 radical (unpaired) electrons. The van der Waals surface area contributed by atoms with Crippen molar-refractivity contribution in [3.8, 4) is 34.6 Å². The van der Waals surface area contributed by atoms with Crippen LogP contribution in [-0.2, 0) is 10.0 Å². The number of thiazole rings is 1. The minimum absolute atomic E-state index is 0.166. The Kier molecular flexibility index (Phi) is 7.59. The molecule has 190 valence electrons. The quantitative estimate of drug-likeness (QED) is 0.300. The third-order valence-corrected chi connectivity index (χ3v) is 7.32. The van der Waals surface area contributed by atoms with Gasteiger partial charge in [-0.1, -0.05) is 23.7 Å². The topological polar surface area (TPSA) is 151 Å². The average Bonchev–Trinajstić information content (AvgIpc) is 3.49. The fraction of sp³-hybridized carbons (Fsp3) is 0.238. The molecule has 36 heavy (non-hydrogen) atoms. The number of sulfonamides is 1. The SMILES string of the molecule is COc1cccc(-c2nnc(NS(=O)(=O)C[C@@H](O)c3ncc(Cl)s3)n2-c2c(OC)cccc2OC)n1. The molecule has 0 saturated carbocycles. The van der Waals surface area contributed by atoms with Crippen LogP contribution in [0.3, 0.4) is 0 Å². The van der Waals surface area contributed by atoms with Gasteiger partial charge in [0.1, 0.15) is 44.1 Å². The lowest BCUT2D eigenvalue weighted by atomic mass is 10.2. The third kappa shape index (κ3) is 5.36. The number of nitrogens with one attached hydrogen (secondary N) is 1. The van der Waals surface area contributed by atoms with Crippen molar-refractivity contribution < 1.29 is 27.7 Å². The molecule has 12 nitrogen and oxygen atoms in total. The number of halogens is 1. The van der Waals surface area contributed by atoms with Gasteiger partial charge in [0, 0.05) is 6.07 Å². The van der Waals surface area contributed by atoms with E-state index in [4.69, 9.17) is 25.8 Å². The highest BCUT2D eigenvalue weighted by Gasteiger charge is 2.28. The molecule has 1 aromatic carbocycles. The Balaban J connectivity index is 1.82. The van der Waals surface area contributed by atoms with Crippen LogP contribution in [0.25, 0.3) is 17.2 Å². The third-order valence-electron chi connectivity index (χ3n) is 4.85. The number of methoxy groups -OCH3 is 3. The van der Waals surface area contributed by atoms with Crippen molar-refractivity contribution in [1.29, 1.82) is 0 Å². The standard InChI is InChI=1S/C21H21ClN6O6S2/c1-32-14-7-5-8-15(33-2)18(14)28-19(12-6-4-9-17(24-12)34-3)25-26-21(28)27-36(30,31)11-13(29)20-23-10-16(22)35-20/h4-10,13,29H,11H2,1-3H3,(H,26,27)/t13-/m1/s1. The summed E-state index contributed by atoms with van der Waals surface area (Å²) in [5.41, 5.74) is 0.676. The van der Waals surface area contributed by atoms with E-state index in [1.54, 1.807) is 36.4 Å². The Labute approximate surface area is 215 Å². The van der Waals surface area contributed by atoms with E-state index in [2.05, 4.69) is 24.9 Å². The first-order valence-electron chi connectivity index (χ1n) is 10.2. The Hall–Kier alpha value is -3.46. The van der Waals surface area contributed by atoms with E-state index in [0.717, 1.165) is 11.3 Å². The highest BCUT2D eigenvalue weighted by molar-refractivity contribution is 7.92. The largest absolute Gasteiger partial charge is 0.494 e. The Morgan fingerprint density at radius 3 is 2.39 bits per heavy atom. The van der Waals surface area contributed by atoms with Gasteiger partial charge in [-0.2, -0.15) is 0 Å². The predicted octanol–water partition coefficient (Wildman–Crippen LogP) is 2.94. The maximum Gasteiger partial charge on any atom is 0.243 e. The van der Waals surface area contributed by atoms with Gasteiger partial charge in [0.15, 0.2) is 5.82 Å². The second-order valence-electron chi connectivity index (χ2n) is 7.16. The molecule has 0 aliphatic carbocycles. The summed E-state index contributed by atoms with van der Waals surface area (Å²) in [5, 5.41) is 18.8. The lowest BCUT2D eigenvalue weighted by Gasteiger charge is -2.18. The molecule has 0 aliphatic heterocycles. The number of para-hydroxylation sites is 1. The van der Waals surface area contributed by atoms with E-state index in [0.29, 0.717) is 33.1 Å². The first-order valence-corrected chi connectivity index (χ1v) is 13.1. The lowest BCUT2D eigenvalue weighted by molar-refractivity contribution is 0.201. The molecular weight excluding hydrogens is 532 g/mol. The molecule has 3 aromatic heterocycles. The summed E-state index contributed by atoms with van der Waals surface area (Å²) in [6.45, 7) is 0. The molecule has 0 unspecified atom stereocenters. The summed E-state index contributed by atoms with van der Waals surface area (Å²) in [7, 11) is 0.250. The van der Waals surface area contributed by atoms with Crippen molar-refractivity contribution in [2.75, 3.05) is 31.8 Å². The van der Waals surface area contributed by atoms with Crippen LogP contribution in [0, 0.1) is 0 Å². The normalized spacial score (nSPS) is 12.2. The first kappa shape index (κ1) is 25.6. The number of hydrogen-bond donors (Lipinski definition) is 2. The van der Waals surface area contributed by atoms with Crippen LogP contribution in [0.2, 0.25) is 4.34 Å². The summed E-state index contributed by atoms with van der Waals surface area (Å²) >= 11 is 6.84. The average molecular weight is 553 g/mol. The first-order chi connectivity index (χ1) is 17.3. The Bertz CT molecular complexity index is 1450. The minimum atomic E-state index is -4.15. The highest BCUT2D eigenvalue weighted by Crippen LogP contribution is 2.37. The summed E-state index contributed by atoms with van der Waals surface area (Å²) in [4.78, 5) is 8.33. The van der Waals surface area contributed by atoms with E-state index < -0.39 is 21.9 Å². The molecule has 2 N–H and O–H groups in total. The van der Waals surface area contributed by atoms with E-state index in [1.165, 1.54) is 32.1 Å². The smallest absolute Gasteiger partial charge is 0.243 e. The summed E-state index contributed by atoms with van der Waals surface area (Å²) in [6, 6.07) is 10.1. The van der Waals surface area contributed by atoms with Crippen LogP contribution in [0.15, 0.2) is 42.6 Å². The van der Waals surface area contributed by atoms with Crippen molar-refractivity contribution in [3.63, 3.8) is 0 Å². The maximum atomic E-state index is 13.0. The zero-order valence-electron chi connectivity index (χ0n) is 19.2. The van der Waals surface area contributed by atoms with Crippen LogP contribution in [0.5, 0.6) is 17.4 Å². The molecule has 0 spiro atoms. The van der Waals surface area contributed by atoms with Gasteiger partial charge in [-0.25, -0.2) is 18.4 Å². The van der Waals surface area contributed by atoms with Gasteiger partial charge in [0.25, 0.3) is 0 Å². The summed E-state index contributed by atoms with van der Waals surface area (Å²) in [5.74, 6) is 0.344. The zero-order valence-corrected chi connectivity index (χ0v) is 21.6. The highest BCUT2D eigenvalue weighted by atomic mass is 35.5. The molecule has 4 aromatic rings. The Morgan fingerprint density at radius 1 is 1.08 bits per heavy atom. The molecule has 15 heteroatoms. The molecule has 0 bridgehead atoms. The fourth-order valence-electron chi connectivity index (χ4n) is 3.31. The van der Waals surface area contributed by atoms with Crippen LogP contribution < -0.4 is 18.9 Å². The van der Waals surface area contributed by atoms with E-state index >= 15 is 0 Å². The van der Waals surface area contributed by atoms with Crippen molar-refractivity contribution in [1.82, 2.24) is 24.7 Å². The van der Waals surface area contributed by atoms with Crippen LogP contribution in [0.1, 0.15) is 11.1 Å². The van der Waals surface area contributed by atoms with Crippen molar-refractivity contribution in [2.45, 2.75) is 6.10 Å². The number of benzene rings is 1. The van der Waals surface area contributed by atoms with Crippen LogP contribution in [0.4, 0.5) is 5.95 Å². The number of hydrogen-bond acceptors (Lipinski definition) is 11. The zero-order chi connectivity index (χ0) is 25.9.